The number of nitrogens with zero attached hydrogens (tertiary/aromatic N) is 1. The molecule has 0 atom stereocenters. The highest BCUT2D eigenvalue weighted by molar-refractivity contribution is 5.88. The van der Waals surface area contributed by atoms with Crippen LogP contribution in [-0.4, -0.2) is 4.98 Å². The summed E-state index contributed by atoms with van der Waals surface area (Å²) < 4.78 is 6.54. The molecule has 0 amide bonds. The number of rotatable bonds is 5. The number of hydrogen-bond donors (Lipinski definition) is 0. The highest BCUT2D eigenvalue weighted by Gasteiger charge is 2.45. The van der Waals surface area contributed by atoms with Crippen molar-refractivity contribution in [1.82, 2.24) is 4.98 Å². The fraction of sp³-hybridized carbons (Fsp3) is 0.0217. The summed E-state index contributed by atoms with van der Waals surface area (Å²) >= 11 is 0. The van der Waals surface area contributed by atoms with Crippen LogP contribution in [0, 0.1) is 0 Å². The van der Waals surface area contributed by atoms with Crippen LogP contribution >= 0.6 is 0 Å². The van der Waals surface area contributed by atoms with Gasteiger partial charge >= 0.3 is 0 Å². The molecule has 0 saturated heterocycles. The summed E-state index contributed by atoms with van der Waals surface area (Å²) in [5.41, 5.74) is 10.4. The van der Waals surface area contributed by atoms with Gasteiger partial charge in [-0.2, -0.15) is 0 Å². The first-order valence-corrected chi connectivity index (χ1v) is 16.4. The van der Waals surface area contributed by atoms with Gasteiger partial charge in [-0.25, -0.2) is 4.98 Å². The number of para-hydroxylation sites is 2. The molecule has 1 aliphatic heterocycles. The Balaban J connectivity index is 1.29. The Bertz CT molecular complexity index is 2380. The summed E-state index contributed by atoms with van der Waals surface area (Å²) in [4.78, 5) is 5.22. The van der Waals surface area contributed by atoms with Crippen molar-refractivity contribution in [3.63, 3.8) is 0 Å². The Morgan fingerprint density at radius 1 is 0.354 bits per heavy atom. The molecule has 2 heteroatoms. The Morgan fingerprint density at radius 3 is 1.65 bits per heavy atom. The van der Waals surface area contributed by atoms with E-state index in [4.69, 9.17) is 9.72 Å². The van der Waals surface area contributed by atoms with Crippen molar-refractivity contribution >= 4 is 10.8 Å². The maximum atomic E-state index is 6.54. The molecule has 1 aromatic heterocycles. The fourth-order valence-corrected chi connectivity index (χ4v) is 7.35. The second kappa shape index (κ2) is 11.5. The fourth-order valence-electron chi connectivity index (χ4n) is 7.35. The SMILES string of the molecule is c1ccc(-c2cc(-c3cccc(C4(c5ccccc5)c5ccccc5Oc5ccccc54)c3)cc(-c3ccc4ccccc4c3)n2)cc1. The van der Waals surface area contributed by atoms with Crippen molar-refractivity contribution in [3.05, 3.63) is 210 Å². The van der Waals surface area contributed by atoms with Gasteiger partial charge in [0.05, 0.1) is 16.8 Å². The topological polar surface area (TPSA) is 22.1 Å². The van der Waals surface area contributed by atoms with Crippen LogP contribution in [0.3, 0.4) is 0 Å². The third-order valence-corrected chi connectivity index (χ3v) is 9.58. The number of fused-ring (bicyclic) bond motifs is 3. The van der Waals surface area contributed by atoms with Gasteiger partial charge in [-0.3, -0.25) is 0 Å². The Kier molecular flexibility index (Phi) is 6.72. The molecular weight excluding hydrogens is 583 g/mol. The van der Waals surface area contributed by atoms with E-state index in [2.05, 4.69) is 182 Å². The minimum absolute atomic E-state index is 0.584. The van der Waals surface area contributed by atoms with Gasteiger partial charge in [0.2, 0.25) is 0 Å². The quantitative estimate of drug-likeness (QED) is 0.193. The Morgan fingerprint density at radius 2 is 0.917 bits per heavy atom. The minimum atomic E-state index is -0.584. The Hall–Kier alpha value is -6.25. The van der Waals surface area contributed by atoms with E-state index in [0.717, 1.165) is 56.3 Å². The van der Waals surface area contributed by atoms with Gasteiger partial charge in [0.1, 0.15) is 11.5 Å². The number of ether oxygens (including phenoxy) is 1. The largest absolute Gasteiger partial charge is 0.457 e. The molecule has 0 saturated carbocycles. The first-order chi connectivity index (χ1) is 23.8. The summed E-state index contributed by atoms with van der Waals surface area (Å²) in [5.74, 6) is 1.75. The molecule has 0 fully saturated rings. The van der Waals surface area contributed by atoms with Crippen LogP contribution in [0.1, 0.15) is 22.3 Å². The first-order valence-electron chi connectivity index (χ1n) is 16.4. The van der Waals surface area contributed by atoms with Crippen molar-refractivity contribution in [2.45, 2.75) is 5.41 Å². The van der Waals surface area contributed by atoms with Crippen LogP contribution in [0.15, 0.2) is 188 Å². The predicted molar refractivity (Wildman–Crippen MR) is 196 cm³/mol. The molecule has 0 spiro atoms. The summed E-state index contributed by atoms with van der Waals surface area (Å²) in [5, 5.41) is 2.42. The molecule has 8 aromatic rings. The molecule has 48 heavy (non-hydrogen) atoms. The van der Waals surface area contributed by atoms with Crippen LogP contribution < -0.4 is 4.74 Å². The highest BCUT2D eigenvalue weighted by Crippen LogP contribution is 2.55. The predicted octanol–water partition coefficient (Wildman–Crippen LogP) is 11.7. The second-order valence-electron chi connectivity index (χ2n) is 12.3. The van der Waals surface area contributed by atoms with Gasteiger partial charge in [-0.05, 0) is 69.4 Å². The van der Waals surface area contributed by atoms with E-state index in [1.54, 1.807) is 0 Å². The molecule has 0 N–H and O–H groups in total. The normalized spacial score (nSPS) is 12.9. The van der Waals surface area contributed by atoms with E-state index in [9.17, 15) is 0 Å². The number of aromatic nitrogens is 1. The zero-order chi connectivity index (χ0) is 31.9. The van der Waals surface area contributed by atoms with Crippen LogP contribution in [0.25, 0.3) is 44.4 Å². The van der Waals surface area contributed by atoms with E-state index >= 15 is 0 Å². The van der Waals surface area contributed by atoms with Gasteiger partial charge in [0.25, 0.3) is 0 Å². The van der Waals surface area contributed by atoms with Crippen molar-refractivity contribution in [3.8, 4) is 45.1 Å². The van der Waals surface area contributed by atoms with Crippen molar-refractivity contribution < 1.29 is 4.74 Å². The molecule has 1 aliphatic rings. The summed E-state index contributed by atoms with van der Waals surface area (Å²) in [7, 11) is 0. The molecule has 0 radical (unpaired) electrons. The van der Waals surface area contributed by atoms with E-state index in [-0.39, 0.29) is 0 Å². The lowest BCUT2D eigenvalue weighted by Crippen LogP contribution is -2.34. The van der Waals surface area contributed by atoms with Gasteiger partial charge in [-0.15, -0.1) is 0 Å². The smallest absolute Gasteiger partial charge is 0.132 e. The molecule has 9 rings (SSSR count). The molecule has 226 valence electrons. The molecular formula is C46H31NO. The number of hydrogen-bond acceptors (Lipinski definition) is 2. The average Bonchev–Trinajstić information content (AvgIpc) is 3.17. The van der Waals surface area contributed by atoms with Gasteiger partial charge in [0, 0.05) is 22.3 Å². The van der Waals surface area contributed by atoms with Gasteiger partial charge < -0.3 is 4.74 Å². The van der Waals surface area contributed by atoms with Crippen LogP contribution in [-0.2, 0) is 5.41 Å². The highest BCUT2D eigenvalue weighted by atomic mass is 16.5. The van der Waals surface area contributed by atoms with Crippen molar-refractivity contribution in [2.24, 2.45) is 0 Å². The zero-order valence-corrected chi connectivity index (χ0v) is 26.3. The molecule has 0 aliphatic carbocycles. The lowest BCUT2D eigenvalue weighted by molar-refractivity contribution is 0.434. The van der Waals surface area contributed by atoms with Crippen LogP contribution in [0.5, 0.6) is 11.5 Å². The van der Waals surface area contributed by atoms with E-state index in [1.165, 1.54) is 21.9 Å². The standard InChI is InChI=1S/C46H31NO/c1-3-15-33(16-4-1)42-30-37(31-43(47-42)36-27-26-32-14-7-8-17-34(32)28-36)35-18-13-21-39(29-35)46(38-19-5-2-6-20-38)40-22-9-11-24-44(40)48-45-25-12-10-23-41(45)46/h1-31H. The van der Waals surface area contributed by atoms with E-state index in [0.29, 0.717) is 0 Å². The Labute approximate surface area is 280 Å². The zero-order valence-electron chi connectivity index (χ0n) is 26.3. The molecule has 7 aromatic carbocycles. The van der Waals surface area contributed by atoms with Crippen molar-refractivity contribution in [2.75, 3.05) is 0 Å². The summed E-state index contributed by atoms with van der Waals surface area (Å²) in [6.07, 6.45) is 0. The van der Waals surface area contributed by atoms with E-state index < -0.39 is 5.41 Å². The number of benzene rings is 7. The first kappa shape index (κ1) is 28.0. The third-order valence-electron chi connectivity index (χ3n) is 9.58. The van der Waals surface area contributed by atoms with Gasteiger partial charge in [0.15, 0.2) is 0 Å². The van der Waals surface area contributed by atoms with Gasteiger partial charge in [-0.1, -0.05) is 152 Å². The maximum Gasteiger partial charge on any atom is 0.132 e. The minimum Gasteiger partial charge on any atom is -0.457 e. The monoisotopic (exact) mass is 613 g/mol. The molecule has 0 bridgehead atoms. The summed E-state index contributed by atoms with van der Waals surface area (Å²) in [6, 6.07) is 66.8. The second-order valence-corrected chi connectivity index (χ2v) is 12.3. The van der Waals surface area contributed by atoms with E-state index in [1.807, 2.05) is 6.07 Å². The summed E-state index contributed by atoms with van der Waals surface area (Å²) in [6.45, 7) is 0. The lowest BCUT2D eigenvalue weighted by atomic mass is 9.63. The lowest BCUT2D eigenvalue weighted by Gasteiger charge is -2.41. The number of pyridine rings is 1. The maximum absolute atomic E-state index is 6.54. The molecule has 2 nitrogen and oxygen atoms in total. The molecule has 0 unspecified atom stereocenters. The molecule has 2 heterocycles. The van der Waals surface area contributed by atoms with Crippen molar-refractivity contribution in [1.29, 1.82) is 0 Å². The third kappa shape index (κ3) is 4.61. The van der Waals surface area contributed by atoms with Crippen LogP contribution in [0.2, 0.25) is 0 Å². The van der Waals surface area contributed by atoms with Crippen LogP contribution in [0.4, 0.5) is 0 Å². The average molecular weight is 614 g/mol.